The molecule has 49 heavy (non-hydrogen) atoms. The van der Waals surface area contributed by atoms with E-state index < -0.39 is 32.1 Å². The van der Waals surface area contributed by atoms with Crippen LogP contribution in [0, 0.1) is 11.2 Å². The number of aliphatic imine (C=N–C) groups is 1. The number of benzene rings is 1. The molecule has 5 N–H and O–H groups in total. The summed E-state index contributed by atoms with van der Waals surface area (Å²) in [6.07, 6.45) is 12.8. The third-order valence-corrected chi connectivity index (χ3v) is 13.7. The highest BCUT2D eigenvalue weighted by molar-refractivity contribution is 6.93. The summed E-state index contributed by atoms with van der Waals surface area (Å²) in [5.74, 6) is -1.40. The van der Waals surface area contributed by atoms with Gasteiger partial charge in [-0.05, 0) is 99.2 Å². The molecular weight excluding hydrogens is 642 g/mol. The van der Waals surface area contributed by atoms with E-state index in [0.717, 1.165) is 51.6 Å². The second kappa shape index (κ2) is 14.7. The van der Waals surface area contributed by atoms with Crippen molar-refractivity contribution in [3.63, 3.8) is 0 Å². The lowest BCUT2D eigenvalue weighted by Gasteiger charge is -2.38. The van der Waals surface area contributed by atoms with Gasteiger partial charge in [-0.3, -0.25) is 29.1 Å². The quantitative estimate of drug-likeness (QED) is 0.182. The van der Waals surface area contributed by atoms with Crippen LogP contribution in [0.15, 0.2) is 35.5 Å². The Hall–Kier alpha value is -3.58. The monoisotopic (exact) mass is 692 g/mol. The van der Waals surface area contributed by atoms with Crippen LogP contribution in [0.5, 0.6) is 0 Å². The number of piperazine rings is 1. The molecule has 13 heteroatoms. The van der Waals surface area contributed by atoms with Crippen LogP contribution >= 0.6 is 0 Å². The lowest BCUT2D eigenvalue weighted by atomic mass is 9.86. The number of carbonyl (C=O) groups excluding carboxylic acids is 4. The molecule has 0 bridgehead atoms. The smallest absolute Gasteiger partial charge is 0.284 e. The maximum atomic E-state index is 16.0. The van der Waals surface area contributed by atoms with Gasteiger partial charge in [-0.1, -0.05) is 25.8 Å². The van der Waals surface area contributed by atoms with Gasteiger partial charge in [-0.2, -0.15) is 0 Å². The van der Waals surface area contributed by atoms with Crippen molar-refractivity contribution < 1.29 is 23.6 Å². The normalized spacial score (nSPS) is 23.7. The maximum absolute atomic E-state index is 16.0. The predicted molar refractivity (Wildman–Crippen MR) is 189 cm³/mol. The lowest BCUT2D eigenvalue weighted by molar-refractivity contribution is -0.139. The van der Waals surface area contributed by atoms with E-state index in [4.69, 9.17) is 5.73 Å². The highest BCUT2D eigenvalue weighted by Crippen LogP contribution is 2.59. The topological polar surface area (TPSA) is 149 Å². The second-order valence-electron chi connectivity index (χ2n) is 14.6. The fourth-order valence-electron chi connectivity index (χ4n) is 7.94. The number of nitrogens with two attached hydrogens (primary N) is 1. The molecule has 4 saturated carbocycles. The average molecular weight is 693 g/mol. The summed E-state index contributed by atoms with van der Waals surface area (Å²) in [4.78, 5) is 65.4. The first-order valence-electron chi connectivity index (χ1n) is 18.2. The van der Waals surface area contributed by atoms with Crippen LogP contribution in [0.4, 0.5) is 14.9 Å². The van der Waals surface area contributed by atoms with Gasteiger partial charge in [-0.15, -0.1) is 0 Å². The van der Waals surface area contributed by atoms with Gasteiger partial charge >= 0.3 is 0 Å². The zero-order valence-electron chi connectivity index (χ0n) is 28.9. The fourth-order valence-corrected chi connectivity index (χ4v) is 10.4. The van der Waals surface area contributed by atoms with Gasteiger partial charge in [0.1, 0.15) is 17.6 Å². The van der Waals surface area contributed by atoms with Gasteiger partial charge in [0.05, 0.1) is 5.69 Å². The number of anilines is 1. The van der Waals surface area contributed by atoms with Crippen LogP contribution in [0.3, 0.4) is 0 Å². The Balaban J connectivity index is 1.19. The molecule has 5 fully saturated rings. The maximum Gasteiger partial charge on any atom is 0.284 e. The van der Waals surface area contributed by atoms with Gasteiger partial charge in [0.25, 0.3) is 14.9 Å². The second-order valence-corrected chi connectivity index (χ2v) is 17.0. The van der Waals surface area contributed by atoms with Crippen molar-refractivity contribution in [2.75, 3.05) is 38.0 Å². The number of amides is 4. The van der Waals surface area contributed by atoms with Crippen LogP contribution in [0.25, 0.3) is 0 Å². The highest BCUT2D eigenvalue weighted by Gasteiger charge is 2.56. The minimum Gasteiger partial charge on any atom is -0.405 e. The van der Waals surface area contributed by atoms with Crippen molar-refractivity contribution in [2.24, 2.45) is 16.1 Å². The predicted octanol–water partition coefficient (Wildman–Crippen LogP) is 3.94. The van der Waals surface area contributed by atoms with Gasteiger partial charge < -0.3 is 26.2 Å². The Kier molecular flexibility index (Phi) is 10.6. The summed E-state index contributed by atoms with van der Waals surface area (Å²) in [5, 5.41) is 5.80. The Morgan fingerprint density at radius 1 is 1.06 bits per heavy atom. The first-order chi connectivity index (χ1) is 23.6. The zero-order valence-corrected chi connectivity index (χ0v) is 29.9. The van der Waals surface area contributed by atoms with Crippen molar-refractivity contribution in [1.29, 1.82) is 0 Å². The number of nitrogens with one attached hydrogen (secondary N) is 3. The number of hydrogen-bond acceptors (Lipinski definition) is 7. The Morgan fingerprint density at radius 3 is 2.39 bits per heavy atom. The molecule has 0 aromatic heterocycles. The van der Waals surface area contributed by atoms with Crippen molar-refractivity contribution >= 4 is 43.6 Å². The summed E-state index contributed by atoms with van der Waals surface area (Å²) < 4.78 is 16.0. The molecule has 1 radical (unpaired) electrons. The van der Waals surface area contributed by atoms with Crippen molar-refractivity contribution in [2.45, 2.75) is 108 Å². The fraction of sp³-hybridized carbons (Fsp3) is 0.639. The van der Waals surface area contributed by atoms with E-state index in [0.29, 0.717) is 44.1 Å². The third-order valence-electron chi connectivity index (χ3n) is 11.3. The molecule has 265 valence electrons. The number of hydrogen-bond donors (Lipinski definition) is 4. The lowest BCUT2D eigenvalue weighted by Crippen LogP contribution is -2.58. The molecule has 11 nitrogen and oxygen atoms in total. The molecule has 1 aliphatic heterocycles. The molecule has 5 aliphatic rings. The van der Waals surface area contributed by atoms with Crippen molar-refractivity contribution in [3.8, 4) is 0 Å². The Labute approximate surface area is 290 Å². The highest BCUT2D eigenvalue weighted by atomic mass is 28.3. The van der Waals surface area contributed by atoms with Crippen molar-refractivity contribution in [1.82, 2.24) is 20.1 Å². The van der Waals surface area contributed by atoms with Crippen LogP contribution in [0.2, 0.25) is 5.54 Å². The van der Waals surface area contributed by atoms with E-state index in [1.54, 1.807) is 19.1 Å². The van der Waals surface area contributed by atoms with Crippen LogP contribution in [-0.2, 0) is 19.8 Å². The molecule has 2 atom stereocenters. The summed E-state index contributed by atoms with van der Waals surface area (Å²) >= 11 is 0. The van der Waals surface area contributed by atoms with Crippen molar-refractivity contribution in [3.05, 3.63) is 41.9 Å². The van der Waals surface area contributed by atoms with E-state index in [2.05, 4.69) is 25.5 Å². The standard InChI is InChI=1S/C36H51FN7O4Si/c1-3-30(45)41-31(33(47)44-20-18-43(19-21-44)25-8-9-25)36(15-16-36)24-7-10-28(27(37)22-24)40-34(48)49(26-6-5-12-35(23-26)13-14-35)42-32(46)29(11-17-38)39-4-2/h7,10-11,17,22,25-26,31H,3-6,8-9,12-16,18-21,23,38H2,1-2H3,(H,40,48)(H,41,45)(H,42,46)/b17-11-,39-29?/t26-,31-/m0/s1. The molecule has 1 heterocycles. The number of rotatable bonds is 13. The molecule has 4 aliphatic carbocycles. The average Bonchev–Trinajstić information content (AvgIpc) is 3.98. The van der Waals surface area contributed by atoms with E-state index in [9.17, 15) is 19.2 Å². The molecule has 4 amide bonds. The SMILES string of the molecule is CCN=C(/C=C\N)C(=O)N[Si](C(=O)Nc1ccc(C2([C@@H](NC(=O)CC)C(=O)N3CCN(C4CC4)CC3)CC2)cc1F)[C@H]1CCCC2(CC2)C1. The molecule has 0 unspecified atom stereocenters. The first-order valence-corrected chi connectivity index (χ1v) is 19.7. The van der Waals surface area contributed by atoms with Crippen LogP contribution in [0.1, 0.15) is 90.0 Å². The first kappa shape index (κ1) is 35.3. The van der Waals surface area contributed by atoms with Gasteiger partial charge in [0.15, 0.2) is 0 Å². The van der Waals surface area contributed by atoms with E-state index in [-0.39, 0.29) is 46.1 Å². The van der Waals surface area contributed by atoms with Gasteiger partial charge in [0, 0.05) is 50.6 Å². The summed E-state index contributed by atoms with van der Waals surface area (Å²) in [6, 6.07) is 4.55. The molecule has 6 rings (SSSR count). The molecule has 1 aromatic rings. The number of halogens is 1. The van der Waals surface area contributed by atoms with Crippen LogP contribution in [-0.4, -0.2) is 92.5 Å². The number of carbonyl (C=O) groups is 4. The Morgan fingerprint density at radius 2 is 1.80 bits per heavy atom. The van der Waals surface area contributed by atoms with Gasteiger partial charge in [0.2, 0.25) is 17.3 Å². The van der Waals surface area contributed by atoms with E-state index in [1.165, 1.54) is 31.2 Å². The van der Waals surface area contributed by atoms with Gasteiger partial charge in [-0.25, -0.2) is 4.39 Å². The molecular formula is C36H51FN7O4Si. The Bertz CT molecular complexity index is 1500. The molecule has 1 aromatic carbocycles. The van der Waals surface area contributed by atoms with Crippen LogP contribution < -0.4 is 21.3 Å². The largest absolute Gasteiger partial charge is 0.405 e. The third kappa shape index (κ3) is 7.93. The number of nitrogens with zero attached hydrogens (tertiary/aromatic N) is 3. The zero-order chi connectivity index (χ0) is 34.8. The minimum atomic E-state index is -2.20. The van der Waals surface area contributed by atoms with E-state index >= 15 is 4.39 Å². The molecule has 1 spiro atoms. The summed E-state index contributed by atoms with van der Waals surface area (Å²) in [6.45, 7) is 6.83. The molecule has 1 saturated heterocycles. The summed E-state index contributed by atoms with van der Waals surface area (Å²) in [7, 11) is -2.20. The van der Waals surface area contributed by atoms with E-state index in [1.807, 2.05) is 11.8 Å². The minimum absolute atomic E-state index is 0.00656. The summed E-state index contributed by atoms with van der Waals surface area (Å²) in [5.41, 5.74) is 5.55.